The van der Waals surface area contributed by atoms with Crippen LogP contribution in [0.4, 0.5) is 0 Å². The monoisotopic (exact) mass is 231 g/mol. The number of nitrogens with zero attached hydrogens (tertiary/aromatic N) is 1. The van der Waals surface area contributed by atoms with Crippen molar-refractivity contribution in [3.05, 3.63) is 35.5 Å². The molecule has 0 fully saturated rings. The zero-order valence-corrected chi connectivity index (χ0v) is 9.40. The molecule has 0 saturated carbocycles. The average Bonchev–Trinajstić information content (AvgIpc) is 2.66. The molecule has 3 N–H and O–H groups in total. The molecule has 5 heteroatoms. The molecular formula is C12H13N3O2. The third-order valence-electron chi connectivity index (χ3n) is 2.47. The molecule has 0 unspecified atom stereocenters. The molecule has 1 heterocycles. The molecule has 5 nitrogen and oxygen atoms in total. The van der Waals surface area contributed by atoms with Crippen LogP contribution in [0.3, 0.4) is 0 Å². The van der Waals surface area contributed by atoms with E-state index in [4.69, 9.17) is 5.11 Å². The summed E-state index contributed by atoms with van der Waals surface area (Å²) in [6.45, 7) is 1.37. The van der Waals surface area contributed by atoms with E-state index in [0.717, 1.165) is 22.2 Å². The van der Waals surface area contributed by atoms with Crippen LogP contribution in [0.5, 0.6) is 0 Å². The van der Waals surface area contributed by atoms with Crippen LogP contribution in [-0.4, -0.2) is 28.8 Å². The van der Waals surface area contributed by atoms with E-state index in [1.54, 1.807) is 6.21 Å². The van der Waals surface area contributed by atoms with Gasteiger partial charge in [-0.1, -0.05) is 18.2 Å². The Hall–Kier alpha value is -2.14. The summed E-state index contributed by atoms with van der Waals surface area (Å²) in [4.78, 5) is 14.0. The number of aromatic amines is 1. The lowest BCUT2D eigenvalue weighted by atomic mass is 10.1. The minimum atomic E-state index is -0.565. The number of H-pyrrole nitrogens is 1. The Bertz CT molecular complexity index is 572. The van der Waals surface area contributed by atoms with E-state index in [1.807, 2.05) is 31.2 Å². The van der Waals surface area contributed by atoms with E-state index in [1.165, 1.54) is 0 Å². The maximum absolute atomic E-state index is 10.8. The van der Waals surface area contributed by atoms with Crippen molar-refractivity contribution in [2.45, 2.75) is 6.92 Å². The number of aromatic nitrogens is 1. The number of para-hydroxylation sites is 1. The Morgan fingerprint density at radius 1 is 1.53 bits per heavy atom. The van der Waals surface area contributed by atoms with Crippen LogP contribution >= 0.6 is 0 Å². The van der Waals surface area contributed by atoms with Gasteiger partial charge in [-0.15, -0.1) is 0 Å². The normalized spacial score (nSPS) is 11.2. The Balaban J connectivity index is 2.29. The minimum Gasteiger partial charge on any atom is -0.386 e. The molecule has 0 radical (unpaired) electrons. The standard InChI is InChI=1S/C12H13N3O2/c1-8-10(6-13-15-12(17)7-16)9-4-2-3-5-11(9)14-8/h2-6,14,16H,7H2,1H3,(H,15,17)/b13-6-. The SMILES string of the molecule is Cc1[nH]c2ccccc2c1/C=N\NC(=O)CO. The highest BCUT2D eigenvalue weighted by Gasteiger charge is 2.05. The summed E-state index contributed by atoms with van der Waals surface area (Å²) < 4.78 is 0. The summed E-state index contributed by atoms with van der Waals surface area (Å²) in [7, 11) is 0. The lowest BCUT2D eigenvalue weighted by Gasteiger charge is -1.95. The van der Waals surface area contributed by atoms with Crippen LogP contribution in [0.2, 0.25) is 0 Å². The predicted octanol–water partition coefficient (Wildman–Crippen LogP) is 0.919. The molecule has 2 aromatic rings. The number of amides is 1. The number of carbonyl (C=O) groups excluding carboxylic acids is 1. The van der Waals surface area contributed by atoms with Crippen molar-refractivity contribution in [3.63, 3.8) is 0 Å². The second kappa shape index (κ2) is 4.80. The molecule has 1 aromatic heterocycles. The Kier molecular flexibility index (Phi) is 3.20. The molecule has 0 bridgehead atoms. The van der Waals surface area contributed by atoms with Gasteiger partial charge >= 0.3 is 0 Å². The first-order valence-electron chi connectivity index (χ1n) is 5.22. The van der Waals surface area contributed by atoms with Gasteiger partial charge in [-0.2, -0.15) is 5.10 Å². The van der Waals surface area contributed by atoms with Crippen molar-refractivity contribution >= 4 is 23.0 Å². The second-order valence-electron chi connectivity index (χ2n) is 3.66. The van der Waals surface area contributed by atoms with E-state index >= 15 is 0 Å². The first kappa shape index (κ1) is 11.3. The average molecular weight is 231 g/mol. The lowest BCUT2D eigenvalue weighted by Crippen LogP contribution is -2.20. The molecular weight excluding hydrogens is 218 g/mol. The molecule has 0 saturated heterocycles. The van der Waals surface area contributed by atoms with E-state index < -0.39 is 12.5 Å². The number of fused-ring (bicyclic) bond motifs is 1. The maximum Gasteiger partial charge on any atom is 0.265 e. The number of hydrogen-bond donors (Lipinski definition) is 3. The van der Waals surface area contributed by atoms with Crippen LogP contribution in [0, 0.1) is 6.92 Å². The third kappa shape index (κ3) is 2.34. The van der Waals surface area contributed by atoms with Crippen LogP contribution < -0.4 is 5.43 Å². The maximum atomic E-state index is 10.8. The quantitative estimate of drug-likeness (QED) is 0.542. The number of aryl methyl sites for hydroxylation is 1. The molecule has 0 spiro atoms. The van der Waals surface area contributed by atoms with Crippen molar-refractivity contribution in [1.82, 2.24) is 10.4 Å². The number of hydrogen-bond acceptors (Lipinski definition) is 3. The molecule has 0 atom stereocenters. The van der Waals surface area contributed by atoms with Crippen LogP contribution in [0.25, 0.3) is 10.9 Å². The number of hydrazone groups is 1. The number of carbonyl (C=O) groups is 1. The van der Waals surface area contributed by atoms with Gasteiger partial charge in [-0.05, 0) is 13.0 Å². The summed E-state index contributed by atoms with van der Waals surface area (Å²) in [6, 6.07) is 7.85. The predicted molar refractivity (Wildman–Crippen MR) is 65.9 cm³/mol. The number of aliphatic hydroxyl groups is 1. The highest BCUT2D eigenvalue weighted by atomic mass is 16.3. The molecule has 1 aromatic carbocycles. The fraction of sp³-hybridized carbons (Fsp3) is 0.167. The fourth-order valence-electron chi connectivity index (χ4n) is 1.67. The summed E-state index contributed by atoms with van der Waals surface area (Å²) in [5, 5.41) is 13.4. The van der Waals surface area contributed by atoms with E-state index in [0.29, 0.717) is 0 Å². The smallest absolute Gasteiger partial charge is 0.265 e. The topological polar surface area (TPSA) is 77.5 Å². The van der Waals surface area contributed by atoms with Crippen LogP contribution in [0.1, 0.15) is 11.3 Å². The van der Waals surface area contributed by atoms with Crippen molar-refractivity contribution < 1.29 is 9.90 Å². The summed E-state index contributed by atoms with van der Waals surface area (Å²) in [5.74, 6) is -0.529. The van der Waals surface area contributed by atoms with Gasteiger partial charge in [0.15, 0.2) is 0 Å². The summed E-state index contributed by atoms with van der Waals surface area (Å²) in [5.41, 5.74) is 5.17. The number of nitrogens with one attached hydrogen (secondary N) is 2. The number of aliphatic hydroxyl groups excluding tert-OH is 1. The zero-order chi connectivity index (χ0) is 12.3. The van der Waals surface area contributed by atoms with Crippen molar-refractivity contribution in [3.8, 4) is 0 Å². The Labute approximate surface area is 98.2 Å². The van der Waals surface area contributed by atoms with Gasteiger partial charge in [0.05, 0.1) is 6.21 Å². The first-order valence-corrected chi connectivity index (χ1v) is 5.22. The highest BCUT2D eigenvalue weighted by Crippen LogP contribution is 2.19. The summed E-state index contributed by atoms with van der Waals surface area (Å²) in [6.07, 6.45) is 1.57. The largest absolute Gasteiger partial charge is 0.386 e. The first-order chi connectivity index (χ1) is 8.22. The molecule has 0 aliphatic rings. The highest BCUT2D eigenvalue weighted by molar-refractivity contribution is 6.00. The third-order valence-corrected chi connectivity index (χ3v) is 2.47. The van der Waals surface area contributed by atoms with Gasteiger partial charge in [0.1, 0.15) is 6.61 Å². The van der Waals surface area contributed by atoms with Crippen LogP contribution in [0.15, 0.2) is 29.4 Å². The van der Waals surface area contributed by atoms with Crippen molar-refractivity contribution in [2.24, 2.45) is 5.10 Å². The van der Waals surface area contributed by atoms with Gasteiger partial charge in [0.2, 0.25) is 0 Å². The molecule has 17 heavy (non-hydrogen) atoms. The Morgan fingerprint density at radius 2 is 2.29 bits per heavy atom. The van der Waals surface area contributed by atoms with Crippen LogP contribution in [-0.2, 0) is 4.79 Å². The number of benzene rings is 1. The summed E-state index contributed by atoms with van der Waals surface area (Å²) >= 11 is 0. The van der Waals surface area contributed by atoms with E-state index in [2.05, 4.69) is 15.5 Å². The lowest BCUT2D eigenvalue weighted by molar-refractivity contribution is -0.123. The molecule has 0 aliphatic heterocycles. The zero-order valence-electron chi connectivity index (χ0n) is 9.40. The van der Waals surface area contributed by atoms with Crippen molar-refractivity contribution in [2.75, 3.05) is 6.61 Å². The molecule has 0 aliphatic carbocycles. The van der Waals surface area contributed by atoms with Gasteiger partial charge in [-0.3, -0.25) is 4.79 Å². The van der Waals surface area contributed by atoms with Gasteiger partial charge < -0.3 is 10.1 Å². The fourth-order valence-corrected chi connectivity index (χ4v) is 1.67. The Morgan fingerprint density at radius 3 is 3.06 bits per heavy atom. The molecule has 1 amide bonds. The van der Waals surface area contributed by atoms with Gasteiger partial charge in [-0.25, -0.2) is 5.43 Å². The van der Waals surface area contributed by atoms with E-state index in [9.17, 15) is 4.79 Å². The molecule has 88 valence electrons. The van der Waals surface area contributed by atoms with Crippen molar-refractivity contribution in [1.29, 1.82) is 0 Å². The van der Waals surface area contributed by atoms with E-state index in [-0.39, 0.29) is 0 Å². The second-order valence-corrected chi connectivity index (χ2v) is 3.66. The molecule has 2 rings (SSSR count). The number of rotatable bonds is 3. The minimum absolute atomic E-state index is 0.529. The van der Waals surface area contributed by atoms with Gasteiger partial charge in [0.25, 0.3) is 5.91 Å². The van der Waals surface area contributed by atoms with Gasteiger partial charge in [0, 0.05) is 22.2 Å².